The first-order valence-electron chi connectivity index (χ1n) is 8.16. The van der Waals surface area contributed by atoms with E-state index in [4.69, 9.17) is 4.74 Å². The first-order valence-corrected chi connectivity index (χ1v) is 8.16. The van der Waals surface area contributed by atoms with Crippen LogP contribution in [0.15, 0.2) is 24.3 Å². The van der Waals surface area contributed by atoms with E-state index in [-0.39, 0.29) is 17.3 Å². The zero-order valence-electron chi connectivity index (χ0n) is 13.5. The molecule has 5 nitrogen and oxygen atoms in total. The Morgan fingerprint density at radius 1 is 1.39 bits per heavy atom. The summed E-state index contributed by atoms with van der Waals surface area (Å²) < 4.78 is 19.1. The van der Waals surface area contributed by atoms with Crippen LogP contribution < -0.4 is 10.6 Å². The van der Waals surface area contributed by atoms with E-state index in [1.807, 2.05) is 7.05 Å². The monoisotopic (exact) mass is 321 g/mol. The predicted octanol–water partition coefficient (Wildman–Crippen LogP) is 0.895. The van der Waals surface area contributed by atoms with Gasteiger partial charge in [0.05, 0.1) is 5.60 Å². The summed E-state index contributed by atoms with van der Waals surface area (Å²) in [7, 11) is 2.03. The maximum atomic E-state index is 12.9. The molecule has 1 aromatic rings. The van der Waals surface area contributed by atoms with Gasteiger partial charge in [0.1, 0.15) is 11.9 Å². The highest BCUT2D eigenvalue weighted by atomic mass is 19.1. The van der Waals surface area contributed by atoms with Gasteiger partial charge in [0.2, 0.25) is 0 Å². The van der Waals surface area contributed by atoms with Crippen molar-refractivity contribution in [2.24, 2.45) is 0 Å². The van der Waals surface area contributed by atoms with Crippen molar-refractivity contribution in [1.82, 2.24) is 15.5 Å². The van der Waals surface area contributed by atoms with E-state index in [1.54, 1.807) is 12.1 Å². The SMILES string of the molecule is CN1C[C@@H](C(=O)NCc2ccc(F)cc2)OC2(CCNCC2)C1. The third kappa shape index (κ3) is 4.07. The molecule has 126 valence electrons. The van der Waals surface area contributed by atoms with Gasteiger partial charge in [-0.05, 0) is 50.7 Å². The number of rotatable bonds is 3. The second kappa shape index (κ2) is 6.95. The molecule has 23 heavy (non-hydrogen) atoms. The van der Waals surface area contributed by atoms with Crippen LogP contribution in [0.5, 0.6) is 0 Å². The average molecular weight is 321 g/mol. The molecule has 2 aliphatic rings. The van der Waals surface area contributed by atoms with Gasteiger partial charge in [-0.3, -0.25) is 4.79 Å². The minimum absolute atomic E-state index is 0.0983. The second-order valence-electron chi connectivity index (χ2n) is 6.58. The van der Waals surface area contributed by atoms with Crippen molar-refractivity contribution in [3.05, 3.63) is 35.6 Å². The summed E-state index contributed by atoms with van der Waals surface area (Å²) in [5.74, 6) is -0.371. The van der Waals surface area contributed by atoms with Gasteiger partial charge >= 0.3 is 0 Å². The van der Waals surface area contributed by atoms with Crippen molar-refractivity contribution in [2.45, 2.75) is 31.1 Å². The van der Waals surface area contributed by atoms with Crippen LogP contribution in [0.1, 0.15) is 18.4 Å². The lowest BCUT2D eigenvalue weighted by atomic mass is 9.89. The number of morpholine rings is 1. The molecule has 2 N–H and O–H groups in total. The van der Waals surface area contributed by atoms with Gasteiger partial charge in [0.25, 0.3) is 5.91 Å². The largest absolute Gasteiger partial charge is 0.359 e. The van der Waals surface area contributed by atoms with Crippen molar-refractivity contribution in [3.63, 3.8) is 0 Å². The van der Waals surface area contributed by atoms with Crippen LogP contribution in [0.25, 0.3) is 0 Å². The smallest absolute Gasteiger partial charge is 0.250 e. The lowest BCUT2D eigenvalue weighted by molar-refractivity contribution is -0.176. The van der Waals surface area contributed by atoms with E-state index in [0.717, 1.165) is 38.0 Å². The van der Waals surface area contributed by atoms with Crippen molar-refractivity contribution in [3.8, 4) is 0 Å². The number of benzene rings is 1. The molecule has 0 radical (unpaired) electrons. The summed E-state index contributed by atoms with van der Waals surface area (Å²) in [5.41, 5.74) is 0.663. The van der Waals surface area contributed by atoms with Crippen molar-refractivity contribution in [1.29, 1.82) is 0 Å². The van der Waals surface area contributed by atoms with Crippen molar-refractivity contribution < 1.29 is 13.9 Å². The molecule has 2 fully saturated rings. The quantitative estimate of drug-likeness (QED) is 0.868. The number of likely N-dealkylation sites (N-methyl/N-ethyl adjacent to an activating group) is 1. The third-order valence-corrected chi connectivity index (χ3v) is 4.62. The normalized spacial score (nSPS) is 24.5. The molecule has 0 bridgehead atoms. The van der Waals surface area contributed by atoms with Gasteiger partial charge in [-0.15, -0.1) is 0 Å². The first-order chi connectivity index (χ1) is 11.1. The molecule has 2 saturated heterocycles. The molecular weight excluding hydrogens is 297 g/mol. The Kier molecular flexibility index (Phi) is 4.94. The van der Waals surface area contributed by atoms with Crippen LogP contribution in [0.3, 0.4) is 0 Å². The highest BCUT2D eigenvalue weighted by Crippen LogP contribution is 2.29. The maximum absolute atomic E-state index is 12.9. The molecule has 0 aliphatic carbocycles. The minimum Gasteiger partial charge on any atom is -0.359 e. The number of piperidine rings is 1. The minimum atomic E-state index is -0.452. The van der Waals surface area contributed by atoms with Gasteiger partial charge in [0, 0.05) is 19.6 Å². The molecule has 0 aromatic heterocycles. The summed E-state index contributed by atoms with van der Waals surface area (Å²) >= 11 is 0. The molecule has 1 amide bonds. The van der Waals surface area contributed by atoms with Gasteiger partial charge < -0.3 is 20.3 Å². The molecule has 1 atom stereocenters. The predicted molar refractivity (Wildman–Crippen MR) is 85.5 cm³/mol. The lowest BCUT2D eigenvalue weighted by Crippen LogP contribution is -2.61. The van der Waals surface area contributed by atoms with Gasteiger partial charge in [-0.1, -0.05) is 12.1 Å². The first kappa shape index (κ1) is 16.4. The summed E-state index contributed by atoms with van der Waals surface area (Å²) in [6.07, 6.45) is 1.41. The lowest BCUT2D eigenvalue weighted by Gasteiger charge is -2.46. The van der Waals surface area contributed by atoms with E-state index in [0.29, 0.717) is 13.1 Å². The van der Waals surface area contributed by atoms with Crippen molar-refractivity contribution in [2.75, 3.05) is 33.2 Å². The topological polar surface area (TPSA) is 53.6 Å². The fraction of sp³-hybridized carbons (Fsp3) is 0.588. The fourth-order valence-electron chi connectivity index (χ4n) is 3.42. The Hall–Kier alpha value is -1.50. The van der Waals surface area contributed by atoms with Crippen LogP contribution >= 0.6 is 0 Å². The Labute approximate surface area is 136 Å². The maximum Gasteiger partial charge on any atom is 0.250 e. The van der Waals surface area contributed by atoms with Gasteiger partial charge in [-0.2, -0.15) is 0 Å². The standard InChI is InChI=1S/C17H24FN3O2/c1-21-11-15(23-17(12-21)6-8-19-9-7-17)16(22)20-10-13-2-4-14(18)5-3-13/h2-5,15,19H,6-12H2,1H3,(H,20,22)/t15-/m0/s1. The molecule has 0 unspecified atom stereocenters. The molecule has 1 aromatic carbocycles. The van der Waals surface area contributed by atoms with E-state index < -0.39 is 6.10 Å². The Morgan fingerprint density at radius 3 is 2.78 bits per heavy atom. The molecule has 0 saturated carbocycles. The van der Waals surface area contributed by atoms with E-state index in [1.165, 1.54) is 12.1 Å². The number of halogens is 1. The summed E-state index contributed by atoms with van der Waals surface area (Å²) in [5, 5.41) is 6.24. The molecule has 3 rings (SSSR count). The third-order valence-electron chi connectivity index (χ3n) is 4.62. The summed E-state index contributed by atoms with van der Waals surface area (Å²) in [6.45, 7) is 3.72. The number of carbonyl (C=O) groups excluding carboxylic acids is 1. The van der Waals surface area contributed by atoms with Crippen LogP contribution in [0, 0.1) is 5.82 Å². The number of amides is 1. The number of hydrogen-bond acceptors (Lipinski definition) is 4. The number of nitrogens with one attached hydrogen (secondary N) is 2. The number of hydrogen-bond donors (Lipinski definition) is 2. The van der Waals surface area contributed by atoms with Crippen LogP contribution in [-0.2, 0) is 16.1 Å². The highest BCUT2D eigenvalue weighted by molar-refractivity contribution is 5.81. The Bertz CT molecular complexity index is 543. The van der Waals surface area contributed by atoms with E-state index in [2.05, 4.69) is 15.5 Å². The second-order valence-corrected chi connectivity index (χ2v) is 6.58. The van der Waals surface area contributed by atoms with Gasteiger partial charge in [0.15, 0.2) is 0 Å². The van der Waals surface area contributed by atoms with Gasteiger partial charge in [-0.25, -0.2) is 4.39 Å². The van der Waals surface area contributed by atoms with E-state index >= 15 is 0 Å². The zero-order valence-corrected chi connectivity index (χ0v) is 13.5. The zero-order chi connectivity index (χ0) is 16.3. The van der Waals surface area contributed by atoms with Crippen molar-refractivity contribution >= 4 is 5.91 Å². The Balaban J connectivity index is 1.58. The van der Waals surface area contributed by atoms with E-state index in [9.17, 15) is 9.18 Å². The van der Waals surface area contributed by atoms with Crippen LogP contribution in [-0.4, -0.2) is 55.7 Å². The average Bonchev–Trinajstić information content (AvgIpc) is 2.54. The Morgan fingerprint density at radius 2 is 2.09 bits per heavy atom. The van der Waals surface area contributed by atoms with Crippen LogP contribution in [0.2, 0.25) is 0 Å². The number of nitrogens with zero attached hydrogens (tertiary/aromatic N) is 1. The summed E-state index contributed by atoms with van der Waals surface area (Å²) in [6, 6.07) is 6.16. The highest BCUT2D eigenvalue weighted by Gasteiger charge is 2.42. The molecular formula is C17H24FN3O2. The van der Waals surface area contributed by atoms with Crippen LogP contribution in [0.4, 0.5) is 4.39 Å². The fourth-order valence-corrected chi connectivity index (χ4v) is 3.42. The molecule has 2 aliphatic heterocycles. The molecule has 2 heterocycles. The molecule has 6 heteroatoms. The number of carbonyl (C=O) groups is 1. The summed E-state index contributed by atoms with van der Waals surface area (Å²) in [4.78, 5) is 14.6. The molecule has 1 spiro atoms. The number of ether oxygens (including phenoxy) is 1.